The monoisotopic (exact) mass is 827 g/mol. The third-order valence-corrected chi connectivity index (χ3v) is 10.7. The molecule has 0 saturated carbocycles. The number of hydrogen-bond acceptors (Lipinski definition) is 1. The van der Waals surface area contributed by atoms with Crippen molar-refractivity contribution in [1.29, 1.82) is 0 Å². The van der Waals surface area contributed by atoms with E-state index in [1.165, 1.54) is 106 Å². The summed E-state index contributed by atoms with van der Waals surface area (Å²) in [6.07, 6.45) is 8.20. The molecule has 0 amide bonds. The number of anilines is 1. The molecule has 1 aliphatic heterocycles. The second-order valence-electron chi connectivity index (χ2n) is 17.2. The van der Waals surface area contributed by atoms with Gasteiger partial charge in [0.25, 0.3) is 0 Å². The van der Waals surface area contributed by atoms with Crippen LogP contribution in [0.1, 0.15) is 79.0 Å². The Morgan fingerprint density at radius 3 is 1.86 bits per heavy atom. The van der Waals surface area contributed by atoms with E-state index < -0.39 is 0 Å². The van der Waals surface area contributed by atoms with Crippen LogP contribution in [0.3, 0.4) is 0 Å². The van der Waals surface area contributed by atoms with Crippen molar-refractivity contribution in [2.45, 2.75) is 86.1 Å². The molecule has 1 aliphatic carbocycles. The third-order valence-electron chi connectivity index (χ3n) is 10.7. The Bertz CT molecular complexity index is 2370. The molecule has 1 atom stereocenters. The standard InChI is InChI=1S/C30H33.C21H20N.2CH3.Si.Zr/c1-20-16-24-18-23(21-8-12-25(13-9-21)29(2,3)4)19-28(27(24)17-20)22-10-14-26(15-11-22)30(5,6)7;1-14(2)17-12-18-11-15(3)22(21(18)13-17)20-10-6-8-16-7-4-5-9-19(16)20;;;;/h8-19H,1-7H3;4-11,13-15H,1-3H3;2*1H3;;/q4*-1;;. The summed E-state index contributed by atoms with van der Waals surface area (Å²) in [5.74, 6) is 0.517. The van der Waals surface area contributed by atoms with E-state index in [9.17, 15) is 0 Å². The number of nitrogens with zero attached hydrogens (tertiary/aromatic N) is 1. The molecule has 0 bridgehead atoms. The van der Waals surface area contributed by atoms with E-state index in [-0.39, 0.29) is 25.7 Å². The average molecular weight is 829 g/mol. The van der Waals surface area contributed by atoms with Crippen LogP contribution in [0, 0.1) is 33.8 Å². The first-order chi connectivity index (χ1) is 25.7. The van der Waals surface area contributed by atoms with Crippen molar-refractivity contribution in [3.8, 4) is 22.3 Å². The molecule has 288 valence electrons. The normalized spacial score (nSPS) is 14.7. The van der Waals surface area contributed by atoms with Gasteiger partial charge in [0.05, 0.1) is 0 Å². The van der Waals surface area contributed by atoms with Crippen molar-refractivity contribution in [3.05, 3.63) is 182 Å². The van der Waals surface area contributed by atoms with Crippen LogP contribution < -0.4 is 4.90 Å². The van der Waals surface area contributed by atoms with Gasteiger partial charge in [-0.15, -0.1) is 57.8 Å². The molecule has 1 heterocycles. The molecule has 8 rings (SSSR count). The number of allylic oxidation sites excluding steroid dienone is 3. The summed E-state index contributed by atoms with van der Waals surface area (Å²) in [4.78, 5) is 2.44. The Balaban J connectivity index is 0.000000239. The van der Waals surface area contributed by atoms with Gasteiger partial charge in [0.15, 0.2) is 0 Å². The van der Waals surface area contributed by atoms with E-state index >= 15 is 0 Å². The summed E-state index contributed by atoms with van der Waals surface area (Å²) >= 11 is 1.36. The molecule has 1 unspecified atom stereocenters. The van der Waals surface area contributed by atoms with Gasteiger partial charge >= 0.3 is 30.2 Å². The number of hydrogen-bond donors (Lipinski definition) is 0. The molecule has 56 heavy (non-hydrogen) atoms. The summed E-state index contributed by atoms with van der Waals surface area (Å²) in [7, 11) is 0. The Kier molecular flexibility index (Phi) is 14.5. The summed E-state index contributed by atoms with van der Waals surface area (Å²) in [5.41, 5.74) is 14.7. The first-order valence-electron chi connectivity index (χ1n) is 19.2. The van der Waals surface area contributed by atoms with Gasteiger partial charge in [-0.3, -0.25) is 0 Å². The quantitative estimate of drug-likeness (QED) is 0.126. The van der Waals surface area contributed by atoms with Crippen molar-refractivity contribution in [2.75, 3.05) is 4.90 Å². The van der Waals surface area contributed by atoms with Gasteiger partial charge in [-0.05, 0) is 57.4 Å². The predicted molar refractivity (Wildman–Crippen MR) is 245 cm³/mol. The van der Waals surface area contributed by atoms with E-state index in [0.717, 1.165) is 0 Å². The van der Waals surface area contributed by atoms with Crippen molar-refractivity contribution in [2.24, 2.45) is 5.92 Å². The zero-order chi connectivity index (χ0) is 38.9. The van der Waals surface area contributed by atoms with Crippen molar-refractivity contribution < 1.29 is 23.3 Å². The van der Waals surface area contributed by atoms with Crippen molar-refractivity contribution in [1.82, 2.24) is 0 Å². The minimum absolute atomic E-state index is 0. The van der Waals surface area contributed by atoms with Crippen molar-refractivity contribution >= 4 is 34.1 Å². The van der Waals surface area contributed by atoms with E-state index in [4.69, 9.17) is 0 Å². The zero-order valence-corrected chi connectivity index (χ0v) is 39.2. The van der Waals surface area contributed by atoms with Gasteiger partial charge in [0.2, 0.25) is 0 Å². The first kappa shape index (κ1) is 44.8. The Morgan fingerprint density at radius 1 is 0.696 bits per heavy atom. The molecule has 0 aromatic heterocycles. The van der Waals surface area contributed by atoms with E-state index in [1.54, 1.807) is 0 Å². The fourth-order valence-electron chi connectivity index (χ4n) is 7.61. The van der Waals surface area contributed by atoms with Gasteiger partial charge in [0, 0.05) is 17.1 Å². The van der Waals surface area contributed by atoms with Gasteiger partial charge in [0.1, 0.15) is 0 Å². The van der Waals surface area contributed by atoms with Crippen LogP contribution >= 0.6 is 0 Å². The second-order valence-corrected chi connectivity index (χ2v) is 17.2. The van der Waals surface area contributed by atoms with Gasteiger partial charge < -0.3 is 19.8 Å². The first-order valence-corrected chi connectivity index (χ1v) is 23.4. The van der Waals surface area contributed by atoms with E-state index in [1.807, 2.05) is 0 Å². The van der Waals surface area contributed by atoms with Gasteiger partial charge in [-0.25, -0.2) is 0 Å². The van der Waals surface area contributed by atoms with E-state index in [0.29, 0.717) is 12.0 Å². The Morgan fingerprint density at radius 2 is 1.27 bits per heavy atom. The van der Waals surface area contributed by atoms with E-state index in [2.05, 4.69) is 215 Å². The molecule has 6 aromatic carbocycles. The number of rotatable bonds is 4. The zero-order valence-electron chi connectivity index (χ0n) is 35.7. The fraction of sp³-hybridized carbons (Fsp3) is 0.264. The van der Waals surface area contributed by atoms with Crippen molar-refractivity contribution in [3.63, 3.8) is 0 Å². The average Bonchev–Trinajstić information content (AvgIpc) is 3.83. The molecular formula is C53H59NSiZr-4. The van der Waals surface area contributed by atoms with Crippen LogP contribution in [-0.4, -0.2) is 12.9 Å². The number of fused-ring (bicyclic) bond motifs is 3. The van der Waals surface area contributed by atoms with Crippen LogP contribution in [0.25, 0.3) is 43.8 Å². The second kappa shape index (κ2) is 18.1. The van der Waals surface area contributed by atoms with Gasteiger partial charge in [-0.1, -0.05) is 170 Å². The minimum atomic E-state index is 0. The van der Waals surface area contributed by atoms with Crippen LogP contribution in [0.4, 0.5) is 5.69 Å². The summed E-state index contributed by atoms with van der Waals surface area (Å²) in [6, 6.07) is 43.1. The molecular weight excluding hydrogens is 770 g/mol. The third kappa shape index (κ3) is 9.44. The maximum absolute atomic E-state index is 3.57. The molecule has 0 saturated heterocycles. The summed E-state index contributed by atoms with van der Waals surface area (Å²) in [6.45, 7) is 25.6. The van der Waals surface area contributed by atoms with Crippen LogP contribution in [0.2, 0.25) is 0 Å². The molecule has 2 radical (unpaired) electrons. The van der Waals surface area contributed by atoms with Crippen LogP contribution in [-0.2, 0) is 34.2 Å². The number of benzene rings is 5. The van der Waals surface area contributed by atoms with Crippen LogP contribution in [0.15, 0.2) is 144 Å². The summed E-state index contributed by atoms with van der Waals surface area (Å²) in [5, 5.41) is 5.26. The molecule has 0 spiro atoms. The SMILES string of the molecule is CC(C)C1=[C-]C2=CC(C)N(c3cccc4ccccc34)C2=C1.Cc1cc2c(-c3ccc(C(C)(C)C)cc3)cc(-c3ccc(C(C)(C)C)cc3)cc2[cH-]1.[CH3-].[CH3-].[Si]=[Zr]. The Hall–Kier alpha value is -3.91. The maximum atomic E-state index is 3.57. The molecule has 2 aliphatic rings. The Labute approximate surface area is 356 Å². The molecule has 6 aromatic rings. The summed E-state index contributed by atoms with van der Waals surface area (Å²) < 4.78 is 0. The fourth-order valence-corrected chi connectivity index (χ4v) is 7.61. The molecule has 1 nitrogen and oxygen atoms in total. The topological polar surface area (TPSA) is 3.24 Å². The predicted octanol–water partition coefficient (Wildman–Crippen LogP) is 14.6. The molecule has 0 fully saturated rings. The van der Waals surface area contributed by atoms with Crippen LogP contribution in [0.5, 0.6) is 0 Å². The molecule has 0 N–H and O–H groups in total. The molecule has 3 heteroatoms. The number of aryl methyl sites for hydroxylation is 1. The van der Waals surface area contributed by atoms with Gasteiger partial charge in [-0.2, -0.15) is 6.07 Å².